The number of carbonyl (C=O) groups excluding carboxylic acids is 2. The van der Waals surface area contributed by atoms with E-state index in [9.17, 15) is 9.59 Å². The Hall–Kier alpha value is -3.25. The van der Waals surface area contributed by atoms with E-state index in [0.717, 1.165) is 27.4 Å². The van der Waals surface area contributed by atoms with Gasteiger partial charge in [0.15, 0.2) is 5.11 Å². The third-order valence-corrected chi connectivity index (χ3v) is 5.07. The Morgan fingerprint density at radius 2 is 1.85 bits per heavy atom. The van der Waals surface area contributed by atoms with Crippen molar-refractivity contribution in [1.82, 2.24) is 14.8 Å². The predicted molar refractivity (Wildman–Crippen MR) is 111 cm³/mol. The fourth-order valence-electron chi connectivity index (χ4n) is 3.43. The molecule has 27 heavy (non-hydrogen) atoms. The van der Waals surface area contributed by atoms with Gasteiger partial charge in [0.1, 0.15) is 5.57 Å². The molecule has 0 unspecified atom stereocenters. The molecule has 0 radical (unpaired) electrons. The minimum absolute atomic E-state index is 0.0602. The molecule has 0 bridgehead atoms. The Kier molecular flexibility index (Phi) is 4.12. The van der Waals surface area contributed by atoms with Gasteiger partial charge in [-0.3, -0.25) is 19.8 Å². The average molecular weight is 375 g/mol. The second-order valence-electron chi connectivity index (χ2n) is 6.37. The summed E-state index contributed by atoms with van der Waals surface area (Å²) < 4.78 is 2.13. The molecule has 4 rings (SSSR count). The number of benzene rings is 2. The number of para-hydroxylation sites is 1. The highest BCUT2D eigenvalue weighted by Gasteiger charge is 2.32. The number of amides is 2. The zero-order valence-corrected chi connectivity index (χ0v) is 15.5. The van der Waals surface area contributed by atoms with Crippen LogP contribution in [0.4, 0.5) is 0 Å². The first-order valence-electron chi connectivity index (χ1n) is 8.48. The topological polar surface area (TPSA) is 54.3 Å². The van der Waals surface area contributed by atoms with Crippen molar-refractivity contribution in [2.75, 3.05) is 6.54 Å². The van der Waals surface area contributed by atoms with Crippen molar-refractivity contribution in [3.05, 3.63) is 66.3 Å². The van der Waals surface area contributed by atoms with Crippen LogP contribution in [0.2, 0.25) is 0 Å². The van der Waals surface area contributed by atoms with Crippen LogP contribution >= 0.6 is 12.2 Å². The van der Waals surface area contributed by atoms with Crippen LogP contribution in [0.5, 0.6) is 0 Å². The molecule has 1 saturated heterocycles. The van der Waals surface area contributed by atoms with E-state index < -0.39 is 11.8 Å². The van der Waals surface area contributed by atoms with Crippen LogP contribution in [0, 0.1) is 0 Å². The monoisotopic (exact) mass is 375 g/mol. The number of hydrogen-bond donors (Lipinski definition) is 1. The first kappa shape index (κ1) is 17.2. The zero-order chi connectivity index (χ0) is 19.1. The van der Waals surface area contributed by atoms with Gasteiger partial charge < -0.3 is 4.57 Å². The smallest absolute Gasteiger partial charge is 0.265 e. The molecule has 2 heterocycles. The Morgan fingerprint density at radius 3 is 2.63 bits per heavy atom. The lowest BCUT2D eigenvalue weighted by atomic mass is 10.0. The third-order valence-electron chi connectivity index (χ3n) is 4.75. The second-order valence-corrected chi connectivity index (χ2v) is 6.76. The number of nitrogens with zero attached hydrogens (tertiary/aromatic N) is 2. The van der Waals surface area contributed by atoms with E-state index in [2.05, 4.69) is 28.6 Å². The summed E-state index contributed by atoms with van der Waals surface area (Å²) in [6.45, 7) is 3.88. The van der Waals surface area contributed by atoms with Gasteiger partial charge in [-0.1, -0.05) is 30.3 Å². The first-order chi connectivity index (χ1) is 13.0. The van der Waals surface area contributed by atoms with E-state index >= 15 is 0 Å². The molecule has 1 aliphatic rings. The highest BCUT2D eigenvalue weighted by atomic mass is 32.1. The van der Waals surface area contributed by atoms with Crippen molar-refractivity contribution in [1.29, 1.82) is 0 Å². The van der Waals surface area contributed by atoms with E-state index in [1.807, 2.05) is 37.4 Å². The largest absolute Gasteiger partial charge is 0.344 e. The SMILES string of the molecule is C=CCN1C(=O)C(=Cc2ccc3c(c2)c2ccccc2n3C)C(=O)NC1=S. The molecule has 0 atom stereocenters. The molecule has 134 valence electrons. The van der Waals surface area contributed by atoms with E-state index in [-0.39, 0.29) is 17.2 Å². The maximum atomic E-state index is 12.7. The van der Waals surface area contributed by atoms with Crippen LogP contribution in [0.3, 0.4) is 0 Å². The number of nitrogens with one attached hydrogen (secondary N) is 1. The van der Waals surface area contributed by atoms with Gasteiger partial charge in [0.05, 0.1) is 0 Å². The second kappa shape index (κ2) is 6.48. The van der Waals surface area contributed by atoms with Gasteiger partial charge in [-0.05, 0) is 42.1 Å². The van der Waals surface area contributed by atoms with Gasteiger partial charge >= 0.3 is 0 Å². The van der Waals surface area contributed by atoms with Crippen molar-refractivity contribution >= 4 is 57.0 Å². The Morgan fingerprint density at radius 1 is 1.11 bits per heavy atom. The van der Waals surface area contributed by atoms with Gasteiger partial charge in [-0.2, -0.15) is 0 Å². The minimum Gasteiger partial charge on any atom is -0.344 e. The Bertz CT molecular complexity index is 1170. The van der Waals surface area contributed by atoms with E-state index in [0.29, 0.717) is 0 Å². The van der Waals surface area contributed by atoms with Gasteiger partial charge in [0, 0.05) is 35.4 Å². The molecule has 2 aromatic carbocycles. The number of fused-ring (bicyclic) bond motifs is 3. The molecule has 6 heteroatoms. The van der Waals surface area contributed by atoms with Gasteiger partial charge in [-0.25, -0.2) is 0 Å². The van der Waals surface area contributed by atoms with Crippen LogP contribution in [0.15, 0.2) is 60.7 Å². The van der Waals surface area contributed by atoms with Crippen LogP contribution in [0.1, 0.15) is 5.56 Å². The third kappa shape index (κ3) is 2.74. The quantitative estimate of drug-likeness (QED) is 0.331. The fraction of sp³-hybridized carbons (Fsp3) is 0.0952. The van der Waals surface area contributed by atoms with Crippen molar-refractivity contribution in [2.24, 2.45) is 7.05 Å². The van der Waals surface area contributed by atoms with Crippen LogP contribution < -0.4 is 5.32 Å². The zero-order valence-electron chi connectivity index (χ0n) is 14.7. The molecule has 1 aliphatic heterocycles. The van der Waals surface area contributed by atoms with Crippen molar-refractivity contribution < 1.29 is 9.59 Å². The molecule has 0 spiro atoms. The summed E-state index contributed by atoms with van der Waals surface area (Å²) in [5.41, 5.74) is 3.06. The lowest BCUT2D eigenvalue weighted by Gasteiger charge is -2.27. The summed E-state index contributed by atoms with van der Waals surface area (Å²) in [5.74, 6) is -0.898. The summed E-state index contributed by atoms with van der Waals surface area (Å²) >= 11 is 5.08. The highest BCUT2D eigenvalue weighted by molar-refractivity contribution is 7.80. The maximum absolute atomic E-state index is 12.7. The van der Waals surface area contributed by atoms with Crippen LogP contribution in [-0.2, 0) is 16.6 Å². The molecule has 1 fully saturated rings. The molecular formula is C21H17N3O2S. The molecule has 0 aliphatic carbocycles. The molecular weight excluding hydrogens is 358 g/mol. The standard InChI is InChI=1S/C21H17N3O2S/c1-3-10-24-20(26)16(19(25)22-21(24)27)12-13-8-9-18-15(11-13)14-6-4-5-7-17(14)23(18)2/h3-9,11-12H,1,10H2,2H3,(H,22,25,27). The summed E-state index contributed by atoms with van der Waals surface area (Å²) in [4.78, 5) is 26.3. The number of rotatable bonds is 3. The Balaban J connectivity index is 1.83. The van der Waals surface area contributed by atoms with Crippen LogP contribution in [-0.4, -0.2) is 32.9 Å². The van der Waals surface area contributed by atoms with Crippen molar-refractivity contribution in [3.63, 3.8) is 0 Å². The average Bonchev–Trinajstić information content (AvgIpc) is 2.95. The molecule has 1 aromatic heterocycles. The molecule has 2 amide bonds. The lowest BCUT2D eigenvalue weighted by Crippen LogP contribution is -2.53. The lowest BCUT2D eigenvalue weighted by molar-refractivity contribution is -0.128. The molecule has 5 nitrogen and oxygen atoms in total. The molecule has 3 aromatic rings. The first-order valence-corrected chi connectivity index (χ1v) is 8.89. The van der Waals surface area contributed by atoms with Gasteiger partial charge in [-0.15, -0.1) is 6.58 Å². The minimum atomic E-state index is -0.483. The van der Waals surface area contributed by atoms with Gasteiger partial charge in [0.2, 0.25) is 0 Å². The molecule has 1 N–H and O–H groups in total. The van der Waals surface area contributed by atoms with Crippen molar-refractivity contribution in [3.8, 4) is 0 Å². The van der Waals surface area contributed by atoms with E-state index in [4.69, 9.17) is 12.2 Å². The molecule has 0 saturated carbocycles. The summed E-state index contributed by atoms with van der Waals surface area (Å²) in [5, 5.41) is 4.87. The summed E-state index contributed by atoms with van der Waals surface area (Å²) in [6.07, 6.45) is 3.18. The maximum Gasteiger partial charge on any atom is 0.265 e. The van der Waals surface area contributed by atoms with E-state index in [1.54, 1.807) is 12.2 Å². The number of thiocarbonyl (C=S) groups is 1. The van der Waals surface area contributed by atoms with Gasteiger partial charge in [0.25, 0.3) is 11.8 Å². The number of aromatic nitrogens is 1. The van der Waals surface area contributed by atoms with Crippen molar-refractivity contribution in [2.45, 2.75) is 0 Å². The number of carbonyl (C=O) groups is 2. The number of hydrogen-bond acceptors (Lipinski definition) is 3. The summed E-state index contributed by atoms with van der Waals surface area (Å²) in [7, 11) is 2.02. The van der Waals surface area contributed by atoms with Crippen LogP contribution in [0.25, 0.3) is 27.9 Å². The van der Waals surface area contributed by atoms with E-state index in [1.165, 1.54) is 4.90 Å². The summed E-state index contributed by atoms with van der Waals surface area (Å²) in [6, 6.07) is 14.0. The normalized spacial score (nSPS) is 16.4. The number of aryl methyl sites for hydroxylation is 1. The highest BCUT2D eigenvalue weighted by Crippen LogP contribution is 2.29. The fourth-order valence-corrected chi connectivity index (χ4v) is 3.68. The predicted octanol–water partition coefficient (Wildman–Crippen LogP) is 3.14. The Labute approximate surface area is 161 Å².